The Morgan fingerprint density at radius 1 is 1.50 bits per heavy atom. The van der Waals surface area contributed by atoms with Gasteiger partial charge in [-0.15, -0.1) is 0 Å². The fourth-order valence-electron chi connectivity index (χ4n) is 1.49. The molecule has 0 saturated heterocycles. The number of rotatable bonds is 5. The molecule has 1 N–H and O–H groups in total. The van der Waals surface area contributed by atoms with Crippen LogP contribution >= 0.6 is 15.9 Å². The van der Waals surface area contributed by atoms with Crippen LogP contribution in [0.4, 0.5) is 0 Å². The summed E-state index contributed by atoms with van der Waals surface area (Å²) in [5, 5.41) is 11.0. The van der Waals surface area contributed by atoms with Gasteiger partial charge in [0.15, 0.2) is 0 Å². The second-order valence-electron chi connectivity index (χ2n) is 3.73. The molecule has 0 aromatic carbocycles. The summed E-state index contributed by atoms with van der Waals surface area (Å²) in [6.07, 6.45) is 5.36. The van der Waals surface area contributed by atoms with Crippen LogP contribution < -0.4 is 5.32 Å². The molecule has 0 aliphatic heterocycles. The number of hydrogen-bond donors (Lipinski definition) is 1. The van der Waals surface area contributed by atoms with Crippen molar-refractivity contribution in [1.29, 1.82) is 0 Å². The lowest BCUT2D eigenvalue weighted by Crippen LogP contribution is -2.27. The van der Waals surface area contributed by atoms with E-state index in [1.807, 2.05) is 13.1 Å². The van der Waals surface area contributed by atoms with E-state index < -0.39 is 0 Å². The molecule has 2 heterocycles. The first-order valence-corrected chi connectivity index (χ1v) is 6.48. The second-order valence-corrected chi connectivity index (χ2v) is 4.65. The smallest absolute Gasteiger partial charge is 0.271 e. The van der Waals surface area contributed by atoms with E-state index in [4.69, 9.17) is 0 Å². The van der Waals surface area contributed by atoms with Crippen molar-refractivity contribution in [3.8, 4) is 0 Å². The number of hydrogen-bond acceptors (Lipinski definition) is 3. The molecule has 0 radical (unpaired) electrons. The van der Waals surface area contributed by atoms with Crippen molar-refractivity contribution in [1.82, 2.24) is 24.9 Å². The van der Waals surface area contributed by atoms with E-state index in [9.17, 15) is 4.79 Å². The van der Waals surface area contributed by atoms with Crippen molar-refractivity contribution in [3.63, 3.8) is 0 Å². The first-order valence-electron chi connectivity index (χ1n) is 5.68. The minimum Gasteiger partial charge on any atom is -0.349 e. The largest absolute Gasteiger partial charge is 0.349 e. The van der Waals surface area contributed by atoms with Gasteiger partial charge in [0.05, 0.1) is 17.2 Å². The van der Waals surface area contributed by atoms with Gasteiger partial charge in [-0.25, -0.2) is 0 Å². The summed E-state index contributed by atoms with van der Waals surface area (Å²) in [6, 6.07) is 1.71. The normalized spacial score (nSPS) is 10.6. The summed E-state index contributed by atoms with van der Waals surface area (Å²) in [4.78, 5) is 11.7. The molecule has 0 bridgehead atoms. The van der Waals surface area contributed by atoms with Gasteiger partial charge in [0, 0.05) is 25.5 Å². The van der Waals surface area contributed by atoms with E-state index in [1.165, 1.54) is 0 Å². The Morgan fingerprint density at radius 2 is 2.33 bits per heavy atom. The molecule has 0 saturated carbocycles. The van der Waals surface area contributed by atoms with Gasteiger partial charge < -0.3 is 5.32 Å². The molecular weight excluding hydrogens is 298 g/mol. The Labute approximate surface area is 113 Å². The van der Waals surface area contributed by atoms with Gasteiger partial charge in [-0.3, -0.25) is 14.2 Å². The third kappa shape index (κ3) is 3.19. The highest BCUT2D eigenvalue weighted by molar-refractivity contribution is 9.10. The topological polar surface area (TPSA) is 64.7 Å². The summed E-state index contributed by atoms with van der Waals surface area (Å²) >= 11 is 3.32. The molecule has 0 unspecified atom stereocenters. The molecular formula is C11H14BrN5O. The zero-order chi connectivity index (χ0) is 13.0. The maximum Gasteiger partial charge on any atom is 0.271 e. The second kappa shape index (κ2) is 5.81. The quantitative estimate of drug-likeness (QED) is 0.905. The molecule has 2 aromatic rings. The van der Waals surface area contributed by atoms with E-state index in [-0.39, 0.29) is 5.91 Å². The van der Waals surface area contributed by atoms with Crippen molar-refractivity contribution < 1.29 is 4.79 Å². The number of nitrogens with one attached hydrogen (secondary N) is 1. The Balaban J connectivity index is 1.81. The van der Waals surface area contributed by atoms with Gasteiger partial charge in [-0.2, -0.15) is 10.2 Å². The third-order valence-corrected chi connectivity index (χ3v) is 2.83. The van der Waals surface area contributed by atoms with Gasteiger partial charge in [-0.1, -0.05) is 0 Å². The maximum atomic E-state index is 11.7. The van der Waals surface area contributed by atoms with Crippen LogP contribution in [0.5, 0.6) is 0 Å². The number of carbonyl (C=O) groups excluding carboxylic acids is 1. The minimum absolute atomic E-state index is 0.159. The third-order valence-electron chi connectivity index (χ3n) is 2.43. The number of nitrogens with zero attached hydrogens (tertiary/aromatic N) is 4. The summed E-state index contributed by atoms with van der Waals surface area (Å²) in [6.45, 7) is 3.89. The first kappa shape index (κ1) is 12.8. The SMILES string of the molecule is CCn1ccc(C(=O)NCCn2cc(Br)cn2)n1. The van der Waals surface area contributed by atoms with Gasteiger partial charge in [0.25, 0.3) is 5.91 Å². The van der Waals surface area contributed by atoms with Crippen molar-refractivity contribution in [2.45, 2.75) is 20.0 Å². The fourth-order valence-corrected chi connectivity index (χ4v) is 1.82. The monoisotopic (exact) mass is 311 g/mol. The van der Waals surface area contributed by atoms with Crippen LogP contribution in [-0.2, 0) is 13.1 Å². The Morgan fingerprint density at radius 3 is 2.94 bits per heavy atom. The highest BCUT2D eigenvalue weighted by Crippen LogP contribution is 2.05. The predicted molar refractivity (Wildman–Crippen MR) is 70.2 cm³/mol. The minimum atomic E-state index is -0.159. The first-order chi connectivity index (χ1) is 8.69. The van der Waals surface area contributed by atoms with Gasteiger partial charge in [0.2, 0.25) is 0 Å². The molecule has 2 aromatic heterocycles. The number of amides is 1. The Bertz CT molecular complexity index is 533. The van der Waals surface area contributed by atoms with E-state index in [0.29, 0.717) is 18.8 Å². The van der Waals surface area contributed by atoms with Crippen LogP contribution in [0.15, 0.2) is 29.1 Å². The Kier molecular flexibility index (Phi) is 4.14. The van der Waals surface area contributed by atoms with E-state index >= 15 is 0 Å². The highest BCUT2D eigenvalue weighted by Gasteiger charge is 2.08. The standard InChI is InChI=1S/C11H14BrN5O/c1-2-16-5-3-10(15-16)11(18)13-4-6-17-8-9(12)7-14-17/h3,5,7-8H,2,4,6H2,1H3,(H,13,18). The average Bonchev–Trinajstić information content (AvgIpc) is 2.98. The van der Waals surface area contributed by atoms with Crippen LogP contribution in [0.3, 0.4) is 0 Å². The maximum absolute atomic E-state index is 11.7. The van der Waals surface area contributed by atoms with Crippen molar-refractivity contribution in [3.05, 3.63) is 34.8 Å². The van der Waals surface area contributed by atoms with Crippen molar-refractivity contribution in [2.24, 2.45) is 0 Å². The molecule has 0 aliphatic rings. The van der Waals surface area contributed by atoms with Crippen LogP contribution in [0.2, 0.25) is 0 Å². The molecule has 1 amide bonds. The van der Waals surface area contributed by atoms with E-state index in [0.717, 1.165) is 11.0 Å². The van der Waals surface area contributed by atoms with Crippen LogP contribution in [0.1, 0.15) is 17.4 Å². The lowest BCUT2D eigenvalue weighted by molar-refractivity contribution is 0.0946. The zero-order valence-corrected chi connectivity index (χ0v) is 11.6. The summed E-state index contributed by atoms with van der Waals surface area (Å²) < 4.78 is 4.41. The molecule has 7 heteroatoms. The average molecular weight is 312 g/mol. The molecule has 6 nitrogen and oxygen atoms in total. The number of aryl methyl sites for hydroxylation is 1. The van der Waals surface area contributed by atoms with Gasteiger partial charge >= 0.3 is 0 Å². The summed E-state index contributed by atoms with van der Waals surface area (Å²) in [5.41, 5.74) is 0.443. The molecule has 96 valence electrons. The molecule has 18 heavy (non-hydrogen) atoms. The van der Waals surface area contributed by atoms with Crippen LogP contribution in [0, 0.1) is 0 Å². The molecule has 0 aliphatic carbocycles. The van der Waals surface area contributed by atoms with E-state index in [2.05, 4.69) is 31.4 Å². The van der Waals surface area contributed by atoms with Crippen molar-refractivity contribution >= 4 is 21.8 Å². The molecule has 0 atom stereocenters. The molecule has 0 fully saturated rings. The van der Waals surface area contributed by atoms with Crippen molar-refractivity contribution in [2.75, 3.05) is 6.54 Å². The number of aromatic nitrogens is 4. The van der Waals surface area contributed by atoms with Crippen LogP contribution in [-0.4, -0.2) is 32.0 Å². The molecule has 2 rings (SSSR count). The van der Waals surface area contributed by atoms with Gasteiger partial charge in [0.1, 0.15) is 5.69 Å². The Hall–Kier alpha value is -1.63. The lowest BCUT2D eigenvalue weighted by Gasteiger charge is -2.03. The summed E-state index contributed by atoms with van der Waals surface area (Å²) in [5.74, 6) is -0.159. The zero-order valence-electron chi connectivity index (χ0n) is 10.0. The fraction of sp³-hybridized carbons (Fsp3) is 0.364. The van der Waals surface area contributed by atoms with Gasteiger partial charge in [-0.05, 0) is 28.9 Å². The highest BCUT2D eigenvalue weighted by atomic mass is 79.9. The lowest BCUT2D eigenvalue weighted by atomic mass is 10.4. The predicted octanol–water partition coefficient (Wildman–Crippen LogP) is 1.29. The number of halogens is 1. The van der Waals surface area contributed by atoms with Crippen LogP contribution in [0.25, 0.3) is 0 Å². The van der Waals surface area contributed by atoms with E-state index in [1.54, 1.807) is 27.8 Å². The summed E-state index contributed by atoms with van der Waals surface area (Å²) in [7, 11) is 0. The number of carbonyl (C=O) groups is 1. The molecule has 0 spiro atoms.